The van der Waals surface area contributed by atoms with Gasteiger partial charge in [-0.2, -0.15) is 0 Å². The van der Waals surface area contributed by atoms with Crippen molar-refractivity contribution in [1.82, 2.24) is 4.98 Å². The molecule has 176 valence electrons. The quantitative estimate of drug-likeness (QED) is 0.385. The van der Waals surface area contributed by atoms with Gasteiger partial charge >= 0.3 is 11.9 Å². The number of carboxylic acids is 1. The first-order valence-electron chi connectivity index (χ1n) is 11.4. The maximum atomic E-state index is 12.2. The van der Waals surface area contributed by atoms with Gasteiger partial charge in [0, 0.05) is 35.0 Å². The van der Waals surface area contributed by atoms with E-state index in [9.17, 15) is 14.7 Å². The molecule has 6 heteroatoms. The Kier molecular flexibility index (Phi) is 7.46. The first kappa shape index (κ1) is 24.4. The zero-order valence-electron chi connectivity index (χ0n) is 20.0. The molecule has 1 heterocycles. The molecule has 0 saturated carbocycles. The number of rotatable bonds is 9. The molecular weight excluding hydrogens is 418 g/mol. The highest BCUT2D eigenvalue weighted by molar-refractivity contribution is 5.89. The van der Waals surface area contributed by atoms with Gasteiger partial charge in [0.25, 0.3) is 0 Å². The zero-order valence-corrected chi connectivity index (χ0v) is 20.0. The summed E-state index contributed by atoms with van der Waals surface area (Å²) in [5, 5.41) is 10.4. The SMILES string of the molecule is CCCC(c1ccc(C(=O)O)cc1OC)c1c[nH]c2ccc(CCC(=O)OC(C)(C)C)cc12. The van der Waals surface area contributed by atoms with Crippen LogP contribution in [-0.4, -0.2) is 34.7 Å². The molecule has 0 bridgehead atoms. The average molecular weight is 452 g/mol. The van der Waals surface area contributed by atoms with Gasteiger partial charge in [-0.25, -0.2) is 4.79 Å². The number of aromatic nitrogens is 1. The van der Waals surface area contributed by atoms with Crippen molar-refractivity contribution in [3.63, 3.8) is 0 Å². The molecule has 0 saturated heterocycles. The summed E-state index contributed by atoms with van der Waals surface area (Å²) < 4.78 is 11.0. The number of aromatic amines is 1. The lowest BCUT2D eigenvalue weighted by molar-refractivity contribution is -0.154. The molecule has 0 spiro atoms. The highest BCUT2D eigenvalue weighted by Gasteiger charge is 2.22. The van der Waals surface area contributed by atoms with Gasteiger partial charge in [-0.3, -0.25) is 4.79 Å². The number of nitrogens with one attached hydrogen (secondary N) is 1. The fraction of sp³-hybridized carbons (Fsp3) is 0.407. The first-order chi connectivity index (χ1) is 15.6. The van der Waals surface area contributed by atoms with Crippen molar-refractivity contribution in [2.45, 2.75) is 64.9 Å². The predicted octanol–water partition coefficient (Wildman–Crippen LogP) is 6.08. The second kappa shape index (κ2) is 10.1. The number of carbonyl (C=O) groups excluding carboxylic acids is 1. The number of aromatic carboxylic acids is 1. The van der Waals surface area contributed by atoms with E-state index in [1.807, 2.05) is 45.2 Å². The van der Waals surface area contributed by atoms with Gasteiger partial charge in [0.15, 0.2) is 0 Å². The Bertz CT molecular complexity index is 1140. The summed E-state index contributed by atoms with van der Waals surface area (Å²) >= 11 is 0. The summed E-state index contributed by atoms with van der Waals surface area (Å²) in [6, 6.07) is 11.3. The summed E-state index contributed by atoms with van der Waals surface area (Å²) in [6.45, 7) is 7.74. The molecule has 0 aliphatic rings. The van der Waals surface area contributed by atoms with Crippen LogP contribution in [-0.2, 0) is 16.0 Å². The highest BCUT2D eigenvalue weighted by Crippen LogP contribution is 2.39. The topological polar surface area (TPSA) is 88.6 Å². The van der Waals surface area contributed by atoms with Crippen molar-refractivity contribution in [1.29, 1.82) is 0 Å². The van der Waals surface area contributed by atoms with Crippen molar-refractivity contribution < 1.29 is 24.2 Å². The van der Waals surface area contributed by atoms with Gasteiger partial charge < -0.3 is 19.6 Å². The molecule has 1 unspecified atom stereocenters. The molecule has 6 nitrogen and oxygen atoms in total. The molecule has 0 radical (unpaired) electrons. The van der Waals surface area contributed by atoms with Gasteiger partial charge in [-0.1, -0.05) is 25.5 Å². The smallest absolute Gasteiger partial charge is 0.335 e. The third-order valence-corrected chi connectivity index (χ3v) is 5.62. The second-order valence-corrected chi connectivity index (χ2v) is 9.31. The number of methoxy groups -OCH3 is 1. The van der Waals surface area contributed by atoms with E-state index in [2.05, 4.69) is 18.0 Å². The first-order valence-corrected chi connectivity index (χ1v) is 11.4. The normalized spacial score (nSPS) is 12.5. The number of hydrogen-bond donors (Lipinski definition) is 2. The van der Waals surface area contributed by atoms with E-state index in [0.29, 0.717) is 18.6 Å². The Labute approximate surface area is 194 Å². The number of aryl methyl sites for hydroxylation is 1. The second-order valence-electron chi connectivity index (χ2n) is 9.31. The van der Waals surface area contributed by atoms with Crippen LogP contribution in [0, 0.1) is 0 Å². The number of H-pyrrole nitrogens is 1. The maximum absolute atomic E-state index is 12.2. The Morgan fingerprint density at radius 2 is 1.85 bits per heavy atom. The van der Waals surface area contributed by atoms with Crippen LogP contribution in [0.25, 0.3) is 10.9 Å². The van der Waals surface area contributed by atoms with E-state index in [1.165, 1.54) is 0 Å². The molecule has 3 rings (SSSR count). The van der Waals surface area contributed by atoms with Crippen molar-refractivity contribution in [3.8, 4) is 5.75 Å². The number of benzene rings is 2. The third-order valence-electron chi connectivity index (χ3n) is 5.62. The van der Waals surface area contributed by atoms with Crippen LogP contribution in [0.15, 0.2) is 42.6 Å². The Hall–Kier alpha value is -3.28. The van der Waals surface area contributed by atoms with E-state index < -0.39 is 11.6 Å². The van der Waals surface area contributed by atoms with Gasteiger partial charge in [-0.05, 0) is 69.0 Å². The largest absolute Gasteiger partial charge is 0.496 e. The summed E-state index contributed by atoms with van der Waals surface area (Å²) in [5.74, 6) is -0.566. The van der Waals surface area contributed by atoms with Crippen molar-refractivity contribution in [3.05, 3.63) is 64.8 Å². The third kappa shape index (κ3) is 5.95. The minimum Gasteiger partial charge on any atom is -0.496 e. The number of ether oxygens (including phenoxy) is 2. The number of carboxylic acid groups (broad SMARTS) is 1. The van der Waals surface area contributed by atoms with E-state index in [1.54, 1.807) is 19.2 Å². The summed E-state index contributed by atoms with van der Waals surface area (Å²) in [7, 11) is 1.57. The average Bonchev–Trinajstić information content (AvgIpc) is 3.17. The number of esters is 1. The fourth-order valence-corrected chi connectivity index (χ4v) is 4.17. The predicted molar refractivity (Wildman–Crippen MR) is 129 cm³/mol. The highest BCUT2D eigenvalue weighted by atomic mass is 16.6. The standard InChI is InChI=1S/C27H33NO5/c1-6-7-19(20-11-10-18(26(30)31)15-24(20)32-5)22-16-28-23-12-8-17(14-21(22)23)9-13-25(29)33-27(2,3)4/h8,10-12,14-16,19,28H,6-7,9,13H2,1-5H3,(H,30,31). The Morgan fingerprint density at radius 3 is 2.48 bits per heavy atom. The number of fused-ring (bicyclic) bond motifs is 1. The minimum atomic E-state index is -0.978. The van der Waals surface area contributed by atoms with Crippen LogP contribution >= 0.6 is 0 Å². The van der Waals surface area contributed by atoms with Crippen LogP contribution < -0.4 is 4.74 Å². The lowest BCUT2D eigenvalue weighted by Gasteiger charge is -2.20. The lowest BCUT2D eigenvalue weighted by atomic mass is 9.86. The maximum Gasteiger partial charge on any atom is 0.335 e. The lowest BCUT2D eigenvalue weighted by Crippen LogP contribution is -2.24. The van der Waals surface area contributed by atoms with Crippen molar-refractivity contribution >= 4 is 22.8 Å². The van der Waals surface area contributed by atoms with Crippen LogP contribution in [0.4, 0.5) is 0 Å². The van der Waals surface area contributed by atoms with Crippen LogP contribution in [0.3, 0.4) is 0 Å². The molecule has 1 aromatic heterocycles. The Morgan fingerprint density at radius 1 is 1.09 bits per heavy atom. The summed E-state index contributed by atoms with van der Waals surface area (Å²) in [5.41, 5.74) is 3.90. The van der Waals surface area contributed by atoms with Gasteiger partial charge in [0.2, 0.25) is 0 Å². The molecule has 1 atom stereocenters. The molecule has 0 fully saturated rings. The molecule has 3 aromatic rings. The molecule has 0 aliphatic carbocycles. The molecule has 2 aromatic carbocycles. The van der Waals surface area contributed by atoms with E-state index >= 15 is 0 Å². The molecule has 0 amide bonds. The molecule has 33 heavy (non-hydrogen) atoms. The van der Waals surface area contributed by atoms with Crippen molar-refractivity contribution in [2.75, 3.05) is 7.11 Å². The van der Waals surface area contributed by atoms with Gasteiger partial charge in [0.1, 0.15) is 11.4 Å². The van der Waals surface area contributed by atoms with Crippen LogP contribution in [0.1, 0.15) is 79.9 Å². The van der Waals surface area contributed by atoms with Gasteiger partial charge in [0.05, 0.1) is 12.7 Å². The van der Waals surface area contributed by atoms with E-state index in [0.717, 1.165) is 40.4 Å². The minimum absolute atomic E-state index is 0.0441. The summed E-state index contributed by atoms with van der Waals surface area (Å²) in [4.78, 5) is 26.9. The zero-order chi connectivity index (χ0) is 24.2. The number of hydrogen-bond acceptors (Lipinski definition) is 4. The molecular formula is C27H33NO5. The van der Waals surface area contributed by atoms with Crippen LogP contribution in [0.5, 0.6) is 5.75 Å². The van der Waals surface area contributed by atoms with E-state index in [-0.39, 0.29) is 17.5 Å². The Balaban J connectivity index is 1.94. The molecule has 2 N–H and O–H groups in total. The summed E-state index contributed by atoms with van der Waals surface area (Å²) in [6.07, 6.45) is 4.79. The van der Waals surface area contributed by atoms with Crippen LogP contribution in [0.2, 0.25) is 0 Å². The molecule has 0 aliphatic heterocycles. The number of carbonyl (C=O) groups is 2. The van der Waals surface area contributed by atoms with Crippen molar-refractivity contribution in [2.24, 2.45) is 0 Å². The fourth-order valence-electron chi connectivity index (χ4n) is 4.17. The van der Waals surface area contributed by atoms with Gasteiger partial charge in [-0.15, -0.1) is 0 Å². The van der Waals surface area contributed by atoms with E-state index in [4.69, 9.17) is 9.47 Å². The monoisotopic (exact) mass is 451 g/mol.